The molecule has 5 aromatic rings. The van der Waals surface area contributed by atoms with Crippen molar-refractivity contribution in [1.82, 2.24) is 4.57 Å². The van der Waals surface area contributed by atoms with Crippen LogP contribution in [-0.4, -0.2) is 26.6 Å². The molecule has 6 heteroatoms. The van der Waals surface area contributed by atoms with Gasteiger partial charge in [-0.2, -0.15) is 0 Å². The third kappa shape index (κ3) is 6.92. The van der Waals surface area contributed by atoms with Gasteiger partial charge in [0.1, 0.15) is 18.1 Å². The zero-order valence-corrected chi connectivity index (χ0v) is 28.0. The highest BCUT2D eigenvalue weighted by Gasteiger charge is 2.36. The summed E-state index contributed by atoms with van der Waals surface area (Å²) in [6.45, 7) is 15.0. The summed E-state index contributed by atoms with van der Waals surface area (Å²) >= 11 is 0. The van der Waals surface area contributed by atoms with Crippen LogP contribution < -0.4 is 9.47 Å². The number of halogens is 1. The second kappa shape index (κ2) is 13.0. The summed E-state index contributed by atoms with van der Waals surface area (Å²) in [7, 11) is -0.131. The summed E-state index contributed by atoms with van der Waals surface area (Å²) < 4.78 is 36.4. The molecular weight excluding hydrogens is 566 g/mol. The van der Waals surface area contributed by atoms with Crippen LogP contribution in [-0.2, 0) is 24.0 Å². The van der Waals surface area contributed by atoms with Crippen molar-refractivity contribution in [2.24, 2.45) is 0 Å². The van der Waals surface area contributed by atoms with Gasteiger partial charge in [0.2, 0.25) is 0 Å². The van der Waals surface area contributed by atoms with Crippen LogP contribution in [0.1, 0.15) is 43.0 Å². The van der Waals surface area contributed by atoms with Gasteiger partial charge in [-0.25, -0.2) is 4.39 Å². The lowest BCUT2D eigenvalue weighted by Gasteiger charge is -2.36. The Morgan fingerprint density at radius 1 is 0.795 bits per heavy atom. The Hall–Kier alpha value is -3.87. The van der Waals surface area contributed by atoms with Crippen LogP contribution in [0.5, 0.6) is 11.5 Å². The van der Waals surface area contributed by atoms with Crippen molar-refractivity contribution >= 4 is 19.2 Å². The highest BCUT2D eigenvalue weighted by atomic mass is 28.4. The largest absolute Gasteiger partial charge is 0.497 e. The van der Waals surface area contributed by atoms with Crippen LogP contribution in [0.15, 0.2) is 91.0 Å². The van der Waals surface area contributed by atoms with Gasteiger partial charge in [-0.1, -0.05) is 75.4 Å². The van der Waals surface area contributed by atoms with E-state index in [2.05, 4.69) is 62.7 Å². The Labute approximate surface area is 262 Å². The maximum absolute atomic E-state index is 16.4. The van der Waals surface area contributed by atoms with Crippen LogP contribution in [0.4, 0.5) is 4.39 Å². The molecule has 0 unspecified atom stereocenters. The van der Waals surface area contributed by atoms with E-state index in [1.807, 2.05) is 73.7 Å². The SMILES string of the molecule is COc1ccc(-c2c(F)c3cc(OCc4ccccc4)ccc3n2Cc2ccc(CCO[Si](C)(C)C(C)(C)C)cc2)c(C)c1. The van der Waals surface area contributed by atoms with Crippen molar-refractivity contribution in [3.05, 3.63) is 119 Å². The number of aromatic nitrogens is 1. The fraction of sp³-hybridized carbons (Fsp3) is 0.316. The summed E-state index contributed by atoms with van der Waals surface area (Å²) in [5.41, 5.74) is 6.58. The van der Waals surface area contributed by atoms with Crippen LogP contribution in [0, 0.1) is 12.7 Å². The first kappa shape index (κ1) is 31.5. The summed E-state index contributed by atoms with van der Waals surface area (Å²) in [6, 6.07) is 30.1. The van der Waals surface area contributed by atoms with Gasteiger partial charge in [-0.05, 0) is 90.1 Å². The molecule has 0 aliphatic heterocycles. The quantitative estimate of drug-likeness (QED) is 0.140. The third-order valence-corrected chi connectivity index (χ3v) is 13.5. The van der Waals surface area contributed by atoms with Gasteiger partial charge in [0.15, 0.2) is 14.1 Å². The lowest BCUT2D eigenvalue weighted by Crippen LogP contribution is -2.41. The van der Waals surface area contributed by atoms with E-state index in [0.717, 1.165) is 46.5 Å². The molecule has 1 aromatic heterocycles. The van der Waals surface area contributed by atoms with E-state index in [9.17, 15) is 0 Å². The average Bonchev–Trinajstić information content (AvgIpc) is 3.26. The predicted octanol–water partition coefficient (Wildman–Crippen LogP) is 9.96. The van der Waals surface area contributed by atoms with Gasteiger partial charge in [-0.15, -0.1) is 0 Å². The van der Waals surface area contributed by atoms with Gasteiger partial charge in [-0.3, -0.25) is 0 Å². The molecule has 0 aliphatic carbocycles. The normalized spacial score (nSPS) is 12.1. The monoisotopic (exact) mass is 609 g/mol. The van der Waals surface area contributed by atoms with E-state index in [-0.39, 0.29) is 10.9 Å². The zero-order valence-electron chi connectivity index (χ0n) is 27.0. The van der Waals surface area contributed by atoms with Crippen LogP contribution >= 0.6 is 0 Å². The number of aryl methyl sites for hydroxylation is 1. The second-order valence-corrected chi connectivity index (χ2v) is 17.9. The number of rotatable bonds is 11. The van der Waals surface area contributed by atoms with Crippen molar-refractivity contribution in [3.63, 3.8) is 0 Å². The minimum Gasteiger partial charge on any atom is -0.497 e. The first-order chi connectivity index (χ1) is 21.0. The number of ether oxygens (including phenoxy) is 2. The maximum atomic E-state index is 16.4. The molecule has 0 saturated heterocycles. The second-order valence-electron chi connectivity index (χ2n) is 13.1. The Morgan fingerprint density at radius 3 is 2.14 bits per heavy atom. The number of hydrogen-bond donors (Lipinski definition) is 0. The van der Waals surface area contributed by atoms with E-state index in [1.165, 1.54) is 5.56 Å². The topological polar surface area (TPSA) is 32.6 Å². The molecule has 0 saturated carbocycles. The molecule has 0 atom stereocenters. The molecule has 230 valence electrons. The first-order valence-corrected chi connectivity index (χ1v) is 18.2. The van der Waals surface area contributed by atoms with Crippen LogP contribution in [0.2, 0.25) is 18.1 Å². The van der Waals surface area contributed by atoms with E-state index >= 15 is 4.39 Å². The number of benzene rings is 4. The van der Waals surface area contributed by atoms with Crippen molar-refractivity contribution in [1.29, 1.82) is 0 Å². The average molecular weight is 610 g/mol. The van der Waals surface area contributed by atoms with Crippen molar-refractivity contribution in [2.45, 2.75) is 65.4 Å². The van der Waals surface area contributed by atoms with Gasteiger partial charge >= 0.3 is 0 Å². The van der Waals surface area contributed by atoms with Gasteiger partial charge in [0, 0.05) is 24.1 Å². The van der Waals surface area contributed by atoms with E-state index in [4.69, 9.17) is 13.9 Å². The lowest BCUT2D eigenvalue weighted by atomic mass is 10.0. The van der Waals surface area contributed by atoms with Crippen molar-refractivity contribution in [3.8, 4) is 22.8 Å². The summed E-state index contributed by atoms with van der Waals surface area (Å²) in [5, 5.41) is 0.737. The van der Waals surface area contributed by atoms with Gasteiger partial charge in [0.05, 0.1) is 18.3 Å². The molecule has 0 spiro atoms. The predicted molar refractivity (Wildman–Crippen MR) is 182 cm³/mol. The van der Waals surface area contributed by atoms with E-state index in [1.54, 1.807) is 7.11 Å². The molecule has 4 aromatic carbocycles. The molecule has 4 nitrogen and oxygen atoms in total. The highest BCUT2D eigenvalue weighted by Crippen LogP contribution is 2.38. The number of nitrogens with zero attached hydrogens (tertiary/aromatic N) is 1. The summed E-state index contributed by atoms with van der Waals surface area (Å²) in [5.74, 6) is 1.14. The molecular formula is C38H44FNO3Si. The molecule has 0 amide bonds. The Balaban J connectivity index is 1.44. The smallest absolute Gasteiger partial charge is 0.191 e. The molecule has 0 bridgehead atoms. The summed E-state index contributed by atoms with van der Waals surface area (Å²) in [6.07, 6.45) is 0.871. The van der Waals surface area contributed by atoms with E-state index in [0.29, 0.717) is 30.0 Å². The molecule has 0 radical (unpaired) electrons. The maximum Gasteiger partial charge on any atom is 0.191 e. The molecule has 5 rings (SSSR count). The summed E-state index contributed by atoms with van der Waals surface area (Å²) in [4.78, 5) is 0. The first-order valence-electron chi connectivity index (χ1n) is 15.3. The molecule has 0 fully saturated rings. The standard InChI is InChI=1S/C38H44FNO3Si/c1-27-23-31(41-5)17-19-33(27)37-36(39)34-24-32(42-26-30-11-9-8-10-12-30)18-20-35(34)40(37)25-29-15-13-28(14-16-29)21-22-43-44(6,7)38(2,3)4/h8-20,23-24H,21-22,25-26H2,1-7H3. The molecule has 1 heterocycles. The molecule has 0 N–H and O–H groups in total. The Bertz CT molecular complexity index is 1720. The fourth-order valence-electron chi connectivity index (χ4n) is 5.21. The van der Waals surface area contributed by atoms with Gasteiger partial charge < -0.3 is 18.5 Å². The molecule has 0 aliphatic rings. The lowest BCUT2D eigenvalue weighted by molar-refractivity contribution is 0.292. The minimum atomic E-state index is -1.78. The zero-order chi connectivity index (χ0) is 31.5. The Kier molecular flexibility index (Phi) is 9.33. The number of fused-ring (bicyclic) bond motifs is 1. The van der Waals surface area contributed by atoms with Crippen LogP contribution in [0.3, 0.4) is 0 Å². The van der Waals surface area contributed by atoms with Crippen molar-refractivity contribution in [2.75, 3.05) is 13.7 Å². The highest BCUT2D eigenvalue weighted by molar-refractivity contribution is 6.74. The minimum absolute atomic E-state index is 0.195. The molecule has 44 heavy (non-hydrogen) atoms. The number of methoxy groups -OCH3 is 1. The van der Waals surface area contributed by atoms with Crippen molar-refractivity contribution < 1.29 is 18.3 Å². The fourth-order valence-corrected chi connectivity index (χ4v) is 6.26. The van der Waals surface area contributed by atoms with Crippen LogP contribution in [0.25, 0.3) is 22.2 Å². The number of hydrogen-bond acceptors (Lipinski definition) is 3. The Morgan fingerprint density at radius 2 is 1.48 bits per heavy atom. The van der Waals surface area contributed by atoms with Gasteiger partial charge in [0.25, 0.3) is 0 Å². The van der Waals surface area contributed by atoms with E-state index < -0.39 is 8.32 Å². The third-order valence-electron chi connectivity index (χ3n) is 8.93.